The summed E-state index contributed by atoms with van der Waals surface area (Å²) in [6.45, 7) is 2.16. The van der Waals surface area contributed by atoms with E-state index in [1.165, 1.54) is 0 Å². The maximum absolute atomic E-state index is 5.31. The predicted octanol–water partition coefficient (Wildman–Crippen LogP) is 3.38. The van der Waals surface area contributed by atoms with E-state index >= 15 is 0 Å². The van der Waals surface area contributed by atoms with E-state index in [2.05, 4.69) is 22.5 Å². The Labute approximate surface area is 118 Å². The Hall–Kier alpha value is -2.36. The molecule has 0 atom stereocenters. The van der Waals surface area contributed by atoms with Crippen molar-refractivity contribution in [1.82, 2.24) is 14.5 Å². The van der Waals surface area contributed by atoms with Crippen molar-refractivity contribution in [1.29, 1.82) is 0 Å². The predicted molar refractivity (Wildman–Crippen MR) is 79.4 cm³/mol. The zero-order valence-corrected chi connectivity index (χ0v) is 11.7. The summed E-state index contributed by atoms with van der Waals surface area (Å²) >= 11 is 0. The van der Waals surface area contributed by atoms with Crippen LogP contribution < -0.4 is 4.74 Å². The van der Waals surface area contributed by atoms with Crippen LogP contribution in [0.15, 0.2) is 42.6 Å². The first kappa shape index (κ1) is 12.7. The fraction of sp³-hybridized carbons (Fsp3) is 0.250. The van der Waals surface area contributed by atoms with E-state index in [0.29, 0.717) is 0 Å². The monoisotopic (exact) mass is 267 g/mol. The van der Waals surface area contributed by atoms with Gasteiger partial charge in [0.25, 0.3) is 0 Å². The number of methoxy groups -OCH3 is 1. The molecule has 1 aromatic carbocycles. The van der Waals surface area contributed by atoms with Gasteiger partial charge in [-0.1, -0.05) is 13.0 Å². The molecule has 0 aliphatic rings. The molecule has 0 spiro atoms. The zero-order chi connectivity index (χ0) is 13.9. The van der Waals surface area contributed by atoms with Crippen molar-refractivity contribution in [2.45, 2.75) is 19.8 Å². The standard InChI is InChI=1S/C16H17N3O/c1-3-6-15-18-14-9-5-10-17-16(14)19(15)12-7-4-8-13(11-12)20-2/h4-5,7-11H,3,6H2,1-2H3. The average molecular weight is 267 g/mol. The highest BCUT2D eigenvalue weighted by Crippen LogP contribution is 2.23. The SMILES string of the molecule is CCCc1nc2cccnc2n1-c1cccc(OC)c1. The Morgan fingerprint density at radius 2 is 2.10 bits per heavy atom. The molecule has 20 heavy (non-hydrogen) atoms. The molecule has 0 fully saturated rings. The zero-order valence-electron chi connectivity index (χ0n) is 11.7. The molecule has 0 aliphatic carbocycles. The Bertz CT molecular complexity index is 733. The molecule has 0 aliphatic heterocycles. The lowest BCUT2D eigenvalue weighted by Crippen LogP contribution is -2.02. The highest BCUT2D eigenvalue weighted by molar-refractivity contribution is 5.74. The highest BCUT2D eigenvalue weighted by Gasteiger charge is 2.12. The number of hydrogen-bond acceptors (Lipinski definition) is 3. The summed E-state index contributed by atoms with van der Waals surface area (Å²) in [5.41, 5.74) is 2.86. The van der Waals surface area contributed by atoms with Crippen molar-refractivity contribution in [3.8, 4) is 11.4 Å². The molecule has 0 unspecified atom stereocenters. The van der Waals surface area contributed by atoms with Crippen molar-refractivity contribution in [2.24, 2.45) is 0 Å². The van der Waals surface area contributed by atoms with E-state index in [-0.39, 0.29) is 0 Å². The summed E-state index contributed by atoms with van der Waals surface area (Å²) in [5.74, 6) is 1.87. The molecule has 0 amide bonds. The summed E-state index contributed by atoms with van der Waals surface area (Å²) in [6, 6.07) is 11.9. The largest absolute Gasteiger partial charge is 0.497 e. The normalized spacial score (nSPS) is 10.9. The molecule has 0 radical (unpaired) electrons. The van der Waals surface area contributed by atoms with E-state index in [0.717, 1.165) is 41.3 Å². The van der Waals surface area contributed by atoms with Crippen molar-refractivity contribution in [2.75, 3.05) is 7.11 Å². The number of hydrogen-bond donors (Lipinski definition) is 0. The van der Waals surface area contributed by atoms with Crippen LogP contribution in [-0.4, -0.2) is 21.6 Å². The van der Waals surface area contributed by atoms with Crippen LogP contribution in [0.5, 0.6) is 5.75 Å². The number of pyridine rings is 1. The number of fused-ring (bicyclic) bond motifs is 1. The van der Waals surface area contributed by atoms with E-state index in [4.69, 9.17) is 9.72 Å². The quantitative estimate of drug-likeness (QED) is 0.727. The van der Waals surface area contributed by atoms with Crippen LogP contribution in [0.3, 0.4) is 0 Å². The van der Waals surface area contributed by atoms with Crippen LogP contribution in [0.2, 0.25) is 0 Å². The van der Waals surface area contributed by atoms with Gasteiger partial charge in [-0.2, -0.15) is 0 Å². The van der Waals surface area contributed by atoms with Crippen molar-refractivity contribution < 1.29 is 4.74 Å². The topological polar surface area (TPSA) is 39.9 Å². The van der Waals surface area contributed by atoms with Gasteiger partial charge in [0.1, 0.15) is 17.1 Å². The maximum Gasteiger partial charge on any atom is 0.164 e. The lowest BCUT2D eigenvalue weighted by molar-refractivity contribution is 0.414. The van der Waals surface area contributed by atoms with Gasteiger partial charge in [0.15, 0.2) is 5.65 Å². The number of ether oxygens (including phenoxy) is 1. The van der Waals surface area contributed by atoms with E-state index < -0.39 is 0 Å². The van der Waals surface area contributed by atoms with E-state index in [1.807, 2.05) is 30.3 Å². The van der Waals surface area contributed by atoms with Gasteiger partial charge >= 0.3 is 0 Å². The van der Waals surface area contributed by atoms with E-state index in [9.17, 15) is 0 Å². The summed E-state index contributed by atoms with van der Waals surface area (Å²) < 4.78 is 7.42. The van der Waals surface area contributed by atoms with Crippen molar-refractivity contribution in [3.05, 3.63) is 48.4 Å². The summed E-state index contributed by atoms with van der Waals surface area (Å²) in [5, 5.41) is 0. The molecule has 0 saturated heterocycles. The lowest BCUT2D eigenvalue weighted by Gasteiger charge is -2.09. The molecule has 102 valence electrons. The minimum atomic E-state index is 0.836. The smallest absolute Gasteiger partial charge is 0.164 e. The molecule has 0 N–H and O–H groups in total. The Morgan fingerprint density at radius 1 is 1.20 bits per heavy atom. The number of nitrogens with zero attached hydrogens (tertiary/aromatic N) is 3. The molecule has 2 aromatic heterocycles. The average Bonchev–Trinajstić information content (AvgIpc) is 2.85. The number of rotatable bonds is 4. The number of benzene rings is 1. The highest BCUT2D eigenvalue weighted by atomic mass is 16.5. The molecular formula is C16H17N3O. The molecule has 2 heterocycles. The molecule has 3 rings (SSSR count). The molecule has 4 nitrogen and oxygen atoms in total. The third kappa shape index (κ3) is 2.13. The van der Waals surface area contributed by atoms with Gasteiger partial charge in [-0.3, -0.25) is 4.57 Å². The minimum Gasteiger partial charge on any atom is -0.497 e. The molecule has 3 aromatic rings. The second kappa shape index (κ2) is 5.33. The first-order valence-corrected chi connectivity index (χ1v) is 6.80. The first-order chi connectivity index (χ1) is 9.83. The van der Waals surface area contributed by atoms with Crippen LogP contribution in [-0.2, 0) is 6.42 Å². The minimum absolute atomic E-state index is 0.836. The van der Waals surface area contributed by atoms with Gasteiger partial charge in [-0.15, -0.1) is 0 Å². The molecule has 0 bridgehead atoms. The van der Waals surface area contributed by atoms with Gasteiger partial charge in [0.2, 0.25) is 0 Å². The number of aryl methyl sites for hydroxylation is 1. The molecular weight excluding hydrogens is 250 g/mol. The summed E-state index contributed by atoms with van der Waals surface area (Å²) in [6.07, 6.45) is 3.78. The van der Waals surface area contributed by atoms with Gasteiger partial charge in [-0.05, 0) is 30.7 Å². The van der Waals surface area contributed by atoms with Crippen LogP contribution in [0.25, 0.3) is 16.9 Å². The van der Waals surface area contributed by atoms with Crippen LogP contribution in [0.4, 0.5) is 0 Å². The summed E-state index contributed by atoms with van der Waals surface area (Å²) in [7, 11) is 1.68. The summed E-state index contributed by atoms with van der Waals surface area (Å²) in [4.78, 5) is 9.17. The lowest BCUT2D eigenvalue weighted by atomic mass is 10.2. The number of imidazole rings is 1. The van der Waals surface area contributed by atoms with Crippen LogP contribution in [0, 0.1) is 0 Å². The third-order valence-corrected chi connectivity index (χ3v) is 3.27. The van der Waals surface area contributed by atoms with Gasteiger partial charge in [0.05, 0.1) is 12.8 Å². The Balaban J connectivity index is 2.24. The second-order valence-electron chi connectivity index (χ2n) is 4.66. The van der Waals surface area contributed by atoms with Crippen LogP contribution in [0.1, 0.15) is 19.2 Å². The first-order valence-electron chi connectivity index (χ1n) is 6.80. The maximum atomic E-state index is 5.31. The molecule has 4 heteroatoms. The number of aromatic nitrogens is 3. The van der Waals surface area contributed by atoms with Gasteiger partial charge < -0.3 is 4.74 Å². The van der Waals surface area contributed by atoms with Crippen molar-refractivity contribution in [3.63, 3.8) is 0 Å². The van der Waals surface area contributed by atoms with E-state index in [1.54, 1.807) is 13.3 Å². The fourth-order valence-electron chi connectivity index (χ4n) is 2.37. The third-order valence-electron chi connectivity index (χ3n) is 3.27. The van der Waals surface area contributed by atoms with Gasteiger partial charge in [-0.25, -0.2) is 9.97 Å². The van der Waals surface area contributed by atoms with Crippen LogP contribution >= 0.6 is 0 Å². The molecule has 0 saturated carbocycles. The Morgan fingerprint density at radius 3 is 2.90 bits per heavy atom. The van der Waals surface area contributed by atoms with Gasteiger partial charge in [0, 0.05) is 18.7 Å². The van der Waals surface area contributed by atoms with Crippen molar-refractivity contribution >= 4 is 11.2 Å². The second-order valence-corrected chi connectivity index (χ2v) is 4.66. The fourth-order valence-corrected chi connectivity index (χ4v) is 2.37. The Kier molecular flexibility index (Phi) is 3.37.